The van der Waals surface area contributed by atoms with E-state index in [0.29, 0.717) is 24.1 Å². The van der Waals surface area contributed by atoms with Crippen molar-refractivity contribution in [3.8, 4) is 0 Å². The van der Waals surface area contributed by atoms with Crippen molar-refractivity contribution in [1.82, 2.24) is 4.90 Å². The summed E-state index contributed by atoms with van der Waals surface area (Å²) >= 11 is 1.38. The van der Waals surface area contributed by atoms with Crippen LogP contribution in [0, 0.1) is 0 Å². The van der Waals surface area contributed by atoms with Crippen molar-refractivity contribution in [1.29, 1.82) is 0 Å². The van der Waals surface area contributed by atoms with Gasteiger partial charge in [0.25, 0.3) is 0 Å². The minimum Gasteiger partial charge on any atom is -0.477 e. The van der Waals surface area contributed by atoms with Gasteiger partial charge < -0.3 is 14.6 Å². The topological polar surface area (TPSA) is 59.0 Å². The highest BCUT2D eigenvalue weighted by Gasteiger charge is 2.25. The lowest BCUT2D eigenvalue weighted by molar-refractivity contribution is -0.0753. The van der Waals surface area contributed by atoms with Crippen LogP contribution in [-0.4, -0.2) is 54.5 Å². The molecule has 0 saturated carbocycles. The van der Waals surface area contributed by atoms with Crippen LogP contribution in [0.25, 0.3) is 10.1 Å². The monoisotopic (exact) mass is 389 g/mol. The molecule has 1 aromatic carbocycles. The van der Waals surface area contributed by atoms with Crippen LogP contribution in [0.3, 0.4) is 0 Å². The number of piperidine rings is 1. The van der Waals surface area contributed by atoms with Gasteiger partial charge in [-0.05, 0) is 49.1 Å². The first-order valence-electron chi connectivity index (χ1n) is 9.90. The third-order valence-electron chi connectivity index (χ3n) is 5.60. The van der Waals surface area contributed by atoms with Gasteiger partial charge >= 0.3 is 5.97 Å². The molecule has 146 valence electrons. The summed E-state index contributed by atoms with van der Waals surface area (Å²) in [4.78, 5) is 14.5. The van der Waals surface area contributed by atoms with Gasteiger partial charge in [0.2, 0.25) is 0 Å². The van der Waals surface area contributed by atoms with Gasteiger partial charge in [-0.1, -0.05) is 18.2 Å². The fraction of sp³-hybridized carbons (Fsp3) is 0.571. The van der Waals surface area contributed by atoms with Crippen LogP contribution >= 0.6 is 11.3 Å². The smallest absolute Gasteiger partial charge is 0.346 e. The molecule has 3 heterocycles. The van der Waals surface area contributed by atoms with Crippen molar-refractivity contribution in [3.05, 3.63) is 34.7 Å². The first-order chi connectivity index (χ1) is 13.2. The predicted molar refractivity (Wildman–Crippen MR) is 107 cm³/mol. The number of hydrogen-bond acceptors (Lipinski definition) is 5. The lowest BCUT2D eigenvalue weighted by Crippen LogP contribution is -2.38. The summed E-state index contributed by atoms with van der Waals surface area (Å²) in [6, 6.07) is 7.99. The van der Waals surface area contributed by atoms with Gasteiger partial charge in [-0.3, -0.25) is 4.90 Å². The van der Waals surface area contributed by atoms with Gasteiger partial charge in [-0.2, -0.15) is 0 Å². The molecule has 6 heteroatoms. The Labute approximate surface area is 163 Å². The molecule has 0 spiro atoms. The van der Waals surface area contributed by atoms with Crippen LogP contribution in [0.4, 0.5) is 0 Å². The average Bonchev–Trinajstić information content (AvgIpc) is 3.07. The Morgan fingerprint density at radius 3 is 2.78 bits per heavy atom. The van der Waals surface area contributed by atoms with Crippen LogP contribution in [0.1, 0.15) is 47.3 Å². The van der Waals surface area contributed by atoms with E-state index in [9.17, 15) is 9.90 Å². The molecule has 5 nitrogen and oxygen atoms in total. The highest BCUT2D eigenvalue weighted by Crippen LogP contribution is 2.33. The molecule has 2 aliphatic heterocycles. The van der Waals surface area contributed by atoms with Crippen molar-refractivity contribution in [2.75, 3.05) is 26.3 Å². The molecule has 0 radical (unpaired) electrons. The fourth-order valence-electron chi connectivity index (χ4n) is 4.07. The molecule has 4 rings (SSSR count). The Morgan fingerprint density at radius 2 is 2.04 bits per heavy atom. The van der Waals surface area contributed by atoms with Gasteiger partial charge in [-0.25, -0.2) is 4.79 Å². The number of benzene rings is 1. The maximum atomic E-state index is 11.7. The second-order valence-electron chi connectivity index (χ2n) is 7.51. The highest BCUT2D eigenvalue weighted by atomic mass is 32.1. The fourth-order valence-corrected chi connectivity index (χ4v) is 5.12. The summed E-state index contributed by atoms with van der Waals surface area (Å²) in [7, 11) is 0. The zero-order valence-corrected chi connectivity index (χ0v) is 16.4. The Balaban J connectivity index is 1.33. The van der Waals surface area contributed by atoms with Gasteiger partial charge in [0.1, 0.15) is 4.88 Å². The average molecular weight is 390 g/mol. The molecule has 0 amide bonds. The van der Waals surface area contributed by atoms with Crippen LogP contribution in [0.5, 0.6) is 0 Å². The molecule has 2 aromatic rings. The number of fused-ring (bicyclic) bond motifs is 1. The van der Waals surface area contributed by atoms with Crippen molar-refractivity contribution >= 4 is 27.4 Å². The quantitative estimate of drug-likeness (QED) is 0.804. The standard InChI is InChI=1S/C21H27NO4S/c23-21(24)20-18(17-6-1-2-7-19(17)27-20)13-22-10-8-15(9-11-22)26-14-16-5-3-4-12-25-16/h1-2,6-7,15-16H,3-5,8-14H2,(H,23,24). The van der Waals surface area contributed by atoms with Crippen LogP contribution in [0.2, 0.25) is 0 Å². The Kier molecular flexibility index (Phi) is 6.08. The minimum absolute atomic E-state index is 0.270. The summed E-state index contributed by atoms with van der Waals surface area (Å²) in [6.45, 7) is 4.17. The van der Waals surface area contributed by atoms with E-state index in [1.165, 1.54) is 24.2 Å². The lowest BCUT2D eigenvalue weighted by atomic mass is 10.0. The second-order valence-corrected chi connectivity index (χ2v) is 8.56. The lowest BCUT2D eigenvalue weighted by Gasteiger charge is -2.33. The highest BCUT2D eigenvalue weighted by molar-refractivity contribution is 7.21. The van der Waals surface area contributed by atoms with Crippen molar-refractivity contribution in [2.45, 2.75) is 50.9 Å². The van der Waals surface area contributed by atoms with E-state index in [-0.39, 0.29) is 6.10 Å². The molecule has 1 unspecified atom stereocenters. The summed E-state index contributed by atoms with van der Waals surface area (Å²) in [5.74, 6) is -0.822. The zero-order chi connectivity index (χ0) is 18.6. The van der Waals surface area contributed by atoms with E-state index in [0.717, 1.165) is 54.6 Å². The molecular weight excluding hydrogens is 362 g/mol. The van der Waals surface area contributed by atoms with Gasteiger partial charge in [-0.15, -0.1) is 11.3 Å². The van der Waals surface area contributed by atoms with Gasteiger partial charge in [0, 0.05) is 30.9 Å². The molecule has 1 atom stereocenters. The molecule has 2 fully saturated rings. The summed E-state index contributed by atoms with van der Waals surface area (Å²) in [5, 5.41) is 10.7. The van der Waals surface area contributed by atoms with Crippen LogP contribution in [0.15, 0.2) is 24.3 Å². The third kappa shape index (κ3) is 4.51. The van der Waals surface area contributed by atoms with E-state index in [4.69, 9.17) is 9.47 Å². The molecule has 0 aliphatic carbocycles. The Bertz CT molecular complexity index is 776. The Morgan fingerprint density at radius 1 is 1.22 bits per heavy atom. The number of hydrogen-bond donors (Lipinski definition) is 1. The van der Waals surface area contributed by atoms with Crippen LogP contribution < -0.4 is 0 Å². The number of aromatic carboxylic acids is 1. The molecule has 2 aliphatic rings. The number of ether oxygens (including phenoxy) is 2. The number of carboxylic acid groups (broad SMARTS) is 1. The summed E-state index contributed by atoms with van der Waals surface area (Å²) < 4.78 is 12.9. The molecule has 1 aromatic heterocycles. The molecule has 0 bridgehead atoms. The van der Waals surface area contributed by atoms with Crippen LogP contribution in [-0.2, 0) is 16.0 Å². The SMILES string of the molecule is O=C(O)c1sc2ccccc2c1CN1CCC(OCC2CCCCO2)CC1. The zero-order valence-electron chi connectivity index (χ0n) is 15.6. The second kappa shape index (κ2) is 8.69. The molecule has 27 heavy (non-hydrogen) atoms. The largest absolute Gasteiger partial charge is 0.477 e. The number of rotatable bonds is 6. The Hall–Kier alpha value is -1.47. The van der Waals surface area contributed by atoms with E-state index in [1.54, 1.807) is 0 Å². The van der Waals surface area contributed by atoms with Gasteiger partial charge in [0.05, 0.1) is 18.8 Å². The van der Waals surface area contributed by atoms with E-state index in [2.05, 4.69) is 4.90 Å². The van der Waals surface area contributed by atoms with Crippen molar-refractivity contribution in [3.63, 3.8) is 0 Å². The predicted octanol–water partition coefficient (Wildman–Crippen LogP) is 4.15. The number of nitrogens with zero attached hydrogens (tertiary/aromatic N) is 1. The number of likely N-dealkylation sites (tertiary alicyclic amines) is 1. The summed E-state index contributed by atoms with van der Waals surface area (Å²) in [6.07, 6.45) is 6.09. The maximum absolute atomic E-state index is 11.7. The normalized spacial score (nSPS) is 22.3. The van der Waals surface area contributed by atoms with E-state index < -0.39 is 5.97 Å². The number of thiophene rings is 1. The number of carboxylic acids is 1. The first-order valence-corrected chi connectivity index (χ1v) is 10.7. The van der Waals surface area contributed by atoms with Crippen molar-refractivity contribution in [2.24, 2.45) is 0 Å². The maximum Gasteiger partial charge on any atom is 0.346 e. The van der Waals surface area contributed by atoms with E-state index >= 15 is 0 Å². The first kappa shape index (κ1) is 18.9. The number of carbonyl (C=O) groups is 1. The molecule has 2 saturated heterocycles. The van der Waals surface area contributed by atoms with Gasteiger partial charge in [0.15, 0.2) is 0 Å². The third-order valence-corrected chi connectivity index (χ3v) is 6.80. The van der Waals surface area contributed by atoms with E-state index in [1.807, 2.05) is 24.3 Å². The minimum atomic E-state index is -0.822. The summed E-state index contributed by atoms with van der Waals surface area (Å²) in [5.41, 5.74) is 0.957. The molecule has 1 N–H and O–H groups in total. The molecular formula is C21H27NO4S. The van der Waals surface area contributed by atoms with Crippen molar-refractivity contribution < 1.29 is 19.4 Å².